The number of carbonyl (C=O) groups is 1. The molecule has 0 aromatic carbocycles. The molecule has 0 aromatic rings. The van der Waals surface area contributed by atoms with E-state index >= 15 is 0 Å². The van der Waals surface area contributed by atoms with Gasteiger partial charge in [-0.3, -0.25) is 0 Å². The fourth-order valence-corrected chi connectivity index (χ4v) is 10.5. The Morgan fingerprint density at radius 3 is 2.42 bits per heavy atom. The van der Waals surface area contributed by atoms with Crippen LogP contribution in [0.2, 0.25) is 0 Å². The first-order valence-electron chi connectivity index (χ1n) is 15.1. The highest BCUT2D eigenvalue weighted by Crippen LogP contribution is 2.68. The molecule has 206 valence electrons. The van der Waals surface area contributed by atoms with Crippen LogP contribution in [0.1, 0.15) is 119 Å². The third kappa shape index (κ3) is 5.82. The number of thioether (sulfide) groups is 1. The molecule has 0 aromatic heterocycles. The fourth-order valence-electron chi connectivity index (χ4n) is 9.73. The lowest BCUT2D eigenvalue weighted by molar-refractivity contribution is -0.128. The number of rotatable bonds is 7. The van der Waals surface area contributed by atoms with Crippen molar-refractivity contribution in [1.29, 1.82) is 0 Å². The second-order valence-corrected chi connectivity index (χ2v) is 15.3. The summed E-state index contributed by atoms with van der Waals surface area (Å²) in [6, 6.07) is 0. The standard InChI is InChI=1S/C31H52O3S2/c1-7-33-29(35)36-28(32)34-23-15-17-30(5)22(19-23)11-12-24-26-14-13-25(21(4)10-8-9-20(2)3)31(26,6)18-16-27(24)30/h20-27H,7-19H2,1-6H3/t21-,22+,23+,24+,25-,26+,27+,30+,31-/m1/s1. The molecule has 4 fully saturated rings. The summed E-state index contributed by atoms with van der Waals surface area (Å²) in [7, 11) is 0. The Morgan fingerprint density at radius 2 is 1.69 bits per heavy atom. The van der Waals surface area contributed by atoms with E-state index in [1.165, 1.54) is 64.2 Å². The second-order valence-electron chi connectivity index (χ2n) is 13.7. The molecule has 3 nitrogen and oxygen atoms in total. The van der Waals surface area contributed by atoms with Crippen molar-refractivity contribution in [1.82, 2.24) is 0 Å². The minimum absolute atomic E-state index is 0.0421. The van der Waals surface area contributed by atoms with Gasteiger partial charge < -0.3 is 9.47 Å². The zero-order chi connectivity index (χ0) is 26.1. The van der Waals surface area contributed by atoms with E-state index in [4.69, 9.17) is 21.7 Å². The summed E-state index contributed by atoms with van der Waals surface area (Å²) in [5, 5.41) is -0.288. The van der Waals surface area contributed by atoms with Crippen LogP contribution in [-0.2, 0) is 9.47 Å². The lowest BCUT2D eigenvalue weighted by Crippen LogP contribution is -2.54. The van der Waals surface area contributed by atoms with Crippen molar-refractivity contribution in [2.45, 2.75) is 125 Å². The number of ether oxygens (including phenoxy) is 2. The molecule has 5 heteroatoms. The molecule has 0 saturated heterocycles. The van der Waals surface area contributed by atoms with Crippen LogP contribution in [0, 0.1) is 52.3 Å². The lowest BCUT2D eigenvalue weighted by Gasteiger charge is -2.61. The number of hydrogen-bond donors (Lipinski definition) is 0. The van der Waals surface area contributed by atoms with Gasteiger partial charge in [-0.05, 0) is 129 Å². The van der Waals surface area contributed by atoms with Gasteiger partial charge in [-0.15, -0.1) is 0 Å². The van der Waals surface area contributed by atoms with Crippen molar-refractivity contribution < 1.29 is 14.3 Å². The van der Waals surface area contributed by atoms with E-state index in [0.717, 1.165) is 60.1 Å². The van der Waals surface area contributed by atoms with Crippen molar-refractivity contribution in [3.05, 3.63) is 0 Å². The smallest absolute Gasteiger partial charge is 0.376 e. The van der Waals surface area contributed by atoms with E-state index in [-0.39, 0.29) is 15.8 Å². The highest BCUT2D eigenvalue weighted by atomic mass is 32.2. The molecular weight excluding hydrogens is 484 g/mol. The summed E-state index contributed by atoms with van der Waals surface area (Å²) in [6.45, 7) is 15.0. The molecule has 0 N–H and O–H groups in total. The van der Waals surface area contributed by atoms with Crippen LogP contribution in [-0.4, -0.2) is 22.4 Å². The number of carbonyl (C=O) groups excluding carboxylic acids is 1. The number of hydrogen-bond acceptors (Lipinski definition) is 5. The molecule has 0 aliphatic heterocycles. The molecular formula is C31H52O3S2. The summed E-state index contributed by atoms with van der Waals surface area (Å²) < 4.78 is 11.4. The topological polar surface area (TPSA) is 35.5 Å². The van der Waals surface area contributed by atoms with Crippen LogP contribution in [0.15, 0.2) is 0 Å². The summed E-state index contributed by atoms with van der Waals surface area (Å²) in [5.41, 5.74) is 0.979. The largest absolute Gasteiger partial charge is 0.478 e. The van der Waals surface area contributed by atoms with Crippen LogP contribution in [0.4, 0.5) is 4.79 Å². The Kier molecular flexibility index (Phi) is 9.45. The molecule has 4 aliphatic rings. The van der Waals surface area contributed by atoms with Crippen molar-refractivity contribution in [2.75, 3.05) is 6.61 Å². The van der Waals surface area contributed by atoms with Gasteiger partial charge in [0.15, 0.2) is 0 Å². The molecule has 36 heavy (non-hydrogen) atoms. The van der Waals surface area contributed by atoms with Crippen molar-refractivity contribution in [3.63, 3.8) is 0 Å². The van der Waals surface area contributed by atoms with Crippen LogP contribution in [0.5, 0.6) is 0 Å². The van der Waals surface area contributed by atoms with E-state index < -0.39 is 0 Å². The predicted molar refractivity (Wildman–Crippen MR) is 155 cm³/mol. The van der Waals surface area contributed by atoms with Crippen LogP contribution in [0.25, 0.3) is 0 Å². The van der Waals surface area contributed by atoms with Gasteiger partial charge in [0, 0.05) is 11.8 Å². The highest BCUT2D eigenvalue weighted by molar-refractivity contribution is 8.32. The van der Waals surface area contributed by atoms with Gasteiger partial charge >= 0.3 is 5.30 Å². The Hall–Kier alpha value is -0.290. The maximum absolute atomic E-state index is 12.4. The average molecular weight is 537 g/mol. The lowest BCUT2D eigenvalue weighted by atomic mass is 9.44. The first-order chi connectivity index (χ1) is 17.1. The maximum Gasteiger partial charge on any atom is 0.376 e. The van der Waals surface area contributed by atoms with Crippen molar-refractivity contribution >= 4 is 33.7 Å². The van der Waals surface area contributed by atoms with E-state index in [1.807, 2.05) is 6.92 Å². The van der Waals surface area contributed by atoms with E-state index in [0.29, 0.717) is 23.4 Å². The first-order valence-corrected chi connectivity index (χ1v) is 16.4. The normalized spacial score (nSPS) is 40.6. The van der Waals surface area contributed by atoms with Crippen LogP contribution < -0.4 is 0 Å². The van der Waals surface area contributed by atoms with Gasteiger partial charge in [0.05, 0.1) is 6.61 Å². The van der Waals surface area contributed by atoms with Gasteiger partial charge in [-0.2, -0.15) is 0 Å². The Morgan fingerprint density at radius 1 is 0.972 bits per heavy atom. The maximum atomic E-state index is 12.4. The molecule has 4 aliphatic carbocycles. The molecule has 0 heterocycles. The van der Waals surface area contributed by atoms with Crippen molar-refractivity contribution in [2.24, 2.45) is 52.3 Å². The predicted octanol–water partition coefficient (Wildman–Crippen LogP) is 9.67. The van der Waals surface area contributed by atoms with Gasteiger partial charge in [-0.1, -0.05) is 53.9 Å². The first kappa shape index (κ1) is 28.7. The molecule has 0 bridgehead atoms. The van der Waals surface area contributed by atoms with E-state index in [2.05, 4.69) is 34.6 Å². The molecule has 4 saturated carbocycles. The minimum atomic E-state index is -0.288. The Labute approximate surface area is 231 Å². The van der Waals surface area contributed by atoms with E-state index in [9.17, 15) is 4.79 Å². The highest BCUT2D eigenvalue weighted by Gasteiger charge is 2.60. The second kappa shape index (κ2) is 11.8. The fraction of sp³-hybridized carbons (Fsp3) is 0.935. The Bertz CT molecular complexity index is 784. The van der Waals surface area contributed by atoms with Gasteiger partial charge in [0.25, 0.3) is 0 Å². The minimum Gasteiger partial charge on any atom is -0.478 e. The summed E-state index contributed by atoms with van der Waals surface area (Å²) in [4.78, 5) is 12.4. The summed E-state index contributed by atoms with van der Waals surface area (Å²) in [6.07, 6.45) is 16.0. The average Bonchev–Trinajstić information content (AvgIpc) is 3.16. The quantitative estimate of drug-likeness (QED) is 0.239. The summed E-state index contributed by atoms with van der Waals surface area (Å²) >= 11 is 6.04. The SMILES string of the molecule is CCOC(=S)SC(=O)O[C@H]1CC[C@@]2(C)[C@@H](CC[C@@H]3[C@@H]2CC[C@]2(C)[C@@H]([C@H](C)CCCC(C)C)CC[C@@H]32)C1. The molecule has 4 rings (SSSR count). The van der Waals surface area contributed by atoms with Crippen LogP contribution in [0.3, 0.4) is 0 Å². The van der Waals surface area contributed by atoms with Gasteiger partial charge in [-0.25, -0.2) is 4.79 Å². The molecule has 0 spiro atoms. The third-order valence-electron chi connectivity index (χ3n) is 11.5. The van der Waals surface area contributed by atoms with E-state index in [1.54, 1.807) is 0 Å². The number of fused-ring (bicyclic) bond motifs is 5. The molecule has 0 amide bonds. The Balaban J connectivity index is 1.36. The van der Waals surface area contributed by atoms with Crippen LogP contribution >= 0.6 is 24.0 Å². The third-order valence-corrected chi connectivity index (χ3v) is 12.4. The number of thiocarbonyl (C=S) groups is 1. The van der Waals surface area contributed by atoms with Gasteiger partial charge in [0.2, 0.25) is 4.38 Å². The van der Waals surface area contributed by atoms with Crippen molar-refractivity contribution in [3.8, 4) is 0 Å². The van der Waals surface area contributed by atoms with Gasteiger partial charge in [0.1, 0.15) is 6.10 Å². The monoisotopic (exact) mass is 536 g/mol. The summed E-state index contributed by atoms with van der Waals surface area (Å²) in [5.74, 6) is 6.03. The zero-order valence-corrected chi connectivity index (χ0v) is 25.5. The molecule has 0 radical (unpaired) electrons. The molecule has 0 unspecified atom stereocenters. The zero-order valence-electron chi connectivity index (χ0n) is 23.9. The molecule has 9 atom stereocenters.